The van der Waals surface area contributed by atoms with Gasteiger partial charge in [-0.25, -0.2) is 0 Å². The molecule has 1 N–H and O–H groups in total. The van der Waals surface area contributed by atoms with E-state index in [-0.39, 0.29) is 5.78 Å². The van der Waals surface area contributed by atoms with Crippen molar-refractivity contribution in [2.24, 2.45) is 0 Å². The van der Waals surface area contributed by atoms with Gasteiger partial charge in [0.1, 0.15) is 0 Å². The van der Waals surface area contributed by atoms with Crippen LogP contribution in [0.5, 0.6) is 23.0 Å². The monoisotopic (exact) mass is 409 g/mol. The van der Waals surface area contributed by atoms with Gasteiger partial charge in [-0.2, -0.15) is 0 Å². The van der Waals surface area contributed by atoms with Gasteiger partial charge < -0.3 is 24.3 Å². The molecule has 0 fully saturated rings. The van der Waals surface area contributed by atoms with Gasteiger partial charge in [0.05, 0.1) is 26.4 Å². The van der Waals surface area contributed by atoms with Gasteiger partial charge in [-0.1, -0.05) is 0 Å². The molecule has 0 saturated carbocycles. The first-order valence-corrected chi connectivity index (χ1v) is 10.5. The van der Waals surface area contributed by atoms with Crippen LogP contribution >= 0.6 is 0 Å². The summed E-state index contributed by atoms with van der Waals surface area (Å²) < 4.78 is 22.9. The van der Waals surface area contributed by atoms with E-state index >= 15 is 0 Å². The summed E-state index contributed by atoms with van der Waals surface area (Å²) in [5.41, 5.74) is 3.48. The first-order chi connectivity index (χ1) is 14.7. The Morgan fingerprint density at radius 3 is 2.53 bits per heavy atom. The molecule has 2 aromatic carbocycles. The van der Waals surface area contributed by atoms with Gasteiger partial charge in [-0.05, 0) is 56.2 Å². The molecule has 0 bridgehead atoms. The molecule has 2 aromatic rings. The summed E-state index contributed by atoms with van der Waals surface area (Å²) in [4.78, 5) is 13.0. The number of hydrogen-bond donors (Lipinski definition) is 1. The molecule has 0 radical (unpaired) electrons. The molecule has 0 amide bonds. The molecule has 2 aliphatic rings. The highest BCUT2D eigenvalue weighted by atomic mass is 16.5. The zero-order valence-electron chi connectivity index (χ0n) is 17.5. The largest absolute Gasteiger partial charge is 0.490 e. The van der Waals surface area contributed by atoms with Crippen LogP contribution in [0.15, 0.2) is 36.4 Å². The second kappa shape index (κ2) is 9.11. The first kappa shape index (κ1) is 20.1. The predicted octanol–water partition coefficient (Wildman–Crippen LogP) is 4.01. The number of hydrogen-bond acceptors (Lipinski definition) is 6. The van der Waals surface area contributed by atoms with Gasteiger partial charge in [-0.15, -0.1) is 0 Å². The van der Waals surface area contributed by atoms with E-state index in [2.05, 4.69) is 5.32 Å². The lowest BCUT2D eigenvalue weighted by Crippen LogP contribution is -2.23. The van der Waals surface area contributed by atoms with E-state index in [0.717, 1.165) is 47.7 Å². The van der Waals surface area contributed by atoms with E-state index in [1.807, 2.05) is 26.0 Å². The normalized spacial score (nSPS) is 16.3. The summed E-state index contributed by atoms with van der Waals surface area (Å²) >= 11 is 0. The van der Waals surface area contributed by atoms with Crippen molar-refractivity contribution in [1.82, 2.24) is 5.32 Å². The maximum atomic E-state index is 13.0. The van der Waals surface area contributed by atoms with Crippen LogP contribution in [0.2, 0.25) is 0 Å². The Hall–Kier alpha value is -3.15. The lowest BCUT2D eigenvalue weighted by molar-refractivity contribution is 0.104. The first-order valence-electron chi connectivity index (χ1n) is 10.5. The lowest BCUT2D eigenvalue weighted by Gasteiger charge is -2.23. The third-order valence-corrected chi connectivity index (χ3v) is 5.08. The minimum atomic E-state index is -0.0959. The molecular formula is C24H27NO5. The number of carbonyl (C=O) groups excluding carboxylic acids is 1. The van der Waals surface area contributed by atoms with Crippen molar-refractivity contribution < 1.29 is 23.7 Å². The van der Waals surface area contributed by atoms with Crippen molar-refractivity contribution in [3.63, 3.8) is 0 Å². The number of nitrogens with one attached hydrogen (secondary N) is 1. The standard InChI is InChI=1S/C24H27NO5/c1-3-27-21-7-6-17(13-22(21)28-4-2)20(26)15-19-18-14-24-23(29-10-5-11-30-24)12-16(18)8-9-25-19/h6-7,12-15,25H,3-5,8-11H2,1-2H3. The third-order valence-electron chi connectivity index (χ3n) is 5.08. The predicted molar refractivity (Wildman–Crippen MR) is 115 cm³/mol. The van der Waals surface area contributed by atoms with Crippen LogP contribution in [-0.2, 0) is 6.42 Å². The number of ether oxygens (including phenoxy) is 4. The van der Waals surface area contributed by atoms with Gasteiger partial charge >= 0.3 is 0 Å². The van der Waals surface area contributed by atoms with Crippen molar-refractivity contribution in [3.05, 3.63) is 53.1 Å². The molecule has 2 aliphatic heterocycles. The number of rotatable bonds is 6. The molecule has 0 saturated heterocycles. The zero-order chi connectivity index (χ0) is 20.9. The second-order valence-corrected chi connectivity index (χ2v) is 7.13. The van der Waals surface area contributed by atoms with Gasteiger partial charge in [0, 0.05) is 35.9 Å². The highest BCUT2D eigenvalue weighted by Crippen LogP contribution is 2.37. The molecule has 0 aliphatic carbocycles. The molecule has 0 atom stereocenters. The number of benzene rings is 2. The number of carbonyl (C=O) groups is 1. The molecule has 0 aromatic heterocycles. The molecule has 0 unspecified atom stereocenters. The Bertz CT molecular complexity index is 966. The quantitative estimate of drug-likeness (QED) is 0.574. The fourth-order valence-corrected chi connectivity index (χ4v) is 3.68. The van der Waals surface area contributed by atoms with Gasteiger partial charge in [0.2, 0.25) is 0 Å². The summed E-state index contributed by atoms with van der Waals surface area (Å²) in [6.07, 6.45) is 3.38. The second-order valence-electron chi connectivity index (χ2n) is 7.13. The van der Waals surface area contributed by atoms with E-state index in [4.69, 9.17) is 18.9 Å². The lowest BCUT2D eigenvalue weighted by atomic mass is 9.95. The molecular weight excluding hydrogens is 382 g/mol. The topological polar surface area (TPSA) is 66.0 Å². The summed E-state index contributed by atoms with van der Waals surface area (Å²) in [6, 6.07) is 9.31. The van der Waals surface area contributed by atoms with Crippen molar-refractivity contribution >= 4 is 11.5 Å². The Morgan fingerprint density at radius 2 is 1.77 bits per heavy atom. The average molecular weight is 409 g/mol. The Kier molecular flexibility index (Phi) is 6.12. The third kappa shape index (κ3) is 4.22. The molecule has 158 valence electrons. The maximum Gasteiger partial charge on any atom is 0.188 e. The SMILES string of the molecule is CCOc1ccc(C(=O)C=C2NCCc3cc4c(cc32)OCCCO4)cc1OCC. The number of fused-ring (bicyclic) bond motifs is 2. The highest BCUT2D eigenvalue weighted by Gasteiger charge is 2.21. The van der Waals surface area contributed by atoms with Crippen molar-refractivity contribution in [2.75, 3.05) is 33.0 Å². The van der Waals surface area contributed by atoms with E-state index in [1.54, 1.807) is 24.3 Å². The summed E-state index contributed by atoms with van der Waals surface area (Å²) in [7, 11) is 0. The average Bonchev–Trinajstić information content (AvgIpc) is 2.99. The maximum absolute atomic E-state index is 13.0. The number of ketones is 1. The van der Waals surface area contributed by atoms with Crippen molar-refractivity contribution in [2.45, 2.75) is 26.7 Å². The van der Waals surface area contributed by atoms with E-state index in [9.17, 15) is 4.79 Å². The Morgan fingerprint density at radius 1 is 1.03 bits per heavy atom. The smallest absolute Gasteiger partial charge is 0.188 e. The molecule has 6 nitrogen and oxygen atoms in total. The molecule has 2 heterocycles. The number of allylic oxidation sites excluding steroid dienone is 1. The molecule has 6 heteroatoms. The summed E-state index contributed by atoms with van der Waals surface area (Å²) in [5.74, 6) is 2.64. The van der Waals surface area contributed by atoms with Gasteiger partial charge in [0.15, 0.2) is 28.8 Å². The molecule has 4 rings (SSSR count). The Balaban J connectivity index is 1.65. The Labute approximate surface area is 176 Å². The minimum absolute atomic E-state index is 0.0959. The highest BCUT2D eigenvalue weighted by molar-refractivity contribution is 6.09. The molecule has 30 heavy (non-hydrogen) atoms. The van der Waals surface area contributed by atoms with Crippen LogP contribution in [-0.4, -0.2) is 38.8 Å². The van der Waals surface area contributed by atoms with Crippen molar-refractivity contribution in [1.29, 1.82) is 0 Å². The van der Waals surface area contributed by atoms with Crippen LogP contribution in [0, 0.1) is 0 Å². The van der Waals surface area contributed by atoms with Gasteiger partial charge in [-0.3, -0.25) is 4.79 Å². The fourth-order valence-electron chi connectivity index (χ4n) is 3.68. The van der Waals surface area contributed by atoms with Crippen molar-refractivity contribution in [3.8, 4) is 23.0 Å². The summed E-state index contributed by atoms with van der Waals surface area (Å²) in [5, 5.41) is 3.36. The van der Waals surface area contributed by atoms with Crippen LogP contribution in [0.4, 0.5) is 0 Å². The van der Waals surface area contributed by atoms with Gasteiger partial charge in [0.25, 0.3) is 0 Å². The van der Waals surface area contributed by atoms with Crippen LogP contribution in [0.25, 0.3) is 5.70 Å². The zero-order valence-corrected chi connectivity index (χ0v) is 17.5. The van der Waals surface area contributed by atoms with Crippen LogP contribution in [0.1, 0.15) is 41.8 Å². The molecule has 0 spiro atoms. The van der Waals surface area contributed by atoms with Crippen LogP contribution in [0.3, 0.4) is 0 Å². The van der Waals surface area contributed by atoms with E-state index < -0.39 is 0 Å². The minimum Gasteiger partial charge on any atom is -0.490 e. The fraction of sp³-hybridized carbons (Fsp3) is 0.375. The van der Waals surface area contributed by atoms with E-state index in [1.165, 1.54) is 0 Å². The van der Waals surface area contributed by atoms with E-state index in [0.29, 0.717) is 43.5 Å². The van der Waals surface area contributed by atoms with Crippen LogP contribution < -0.4 is 24.3 Å². The summed E-state index contributed by atoms with van der Waals surface area (Å²) in [6.45, 7) is 6.91.